The zero-order valence-corrected chi connectivity index (χ0v) is 14.4. The highest BCUT2D eigenvalue weighted by atomic mass is 15.3. The normalized spacial score (nSPS) is 11.6. The maximum atomic E-state index is 4.58. The molecule has 0 aliphatic heterocycles. The van der Waals surface area contributed by atoms with Crippen LogP contribution >= 0.6 is 0 Å². The van der Waals surface area contributed by atoms with Crippen molar-refractivity contribution in [2.75, 3.05) is 13.1 Å². The molecule has 0 spiro atoms. The van der Waals surface area contributed by atoms with Gasteiger partial charge >= 0.3 is 0 Å². The fraction of sp³-hybridized carbons (Fsp3) is 0.471. The van der Waals surface area contributed by atoms with Crippen LogP contribution < -0.4 is 10.6 Å². The predicted molar refractivity (Wildman–Crippen MR) is 93.9 cm³/mol. The number of pyridine rings is 1. The van der Waals surface area contributed by atoms with Crippen molar-refractivity contribution in [2.45, 2.75) is 40.7 Å². The third kappa shape index (κ3) is 4.81. The molecule has 2 rings (SSSR count). The predicted octanol–water partition coefficient (Wildman–Crippen LogP) is 2.35. The van der Waals surface area contributed by atoms with Crippen molar-refractivity contribution in [2.24, 2.45) is 4.99 Å². The molecule has 0 radical (unpaired) electrons. The summed E-state index contributed by atoms with van der Waals surface area (Å²) in [6, 6.07) is 6.07. The van der Waals surface area contributed by atoms with Crippen LogP contribution in [-0.4, -0.2) is 33.8 Å². The fourth-order valence-electron chi connectivity index (χ4n) is 2.25. The lowest BCUT2D eigenvalue weighted by Gasteiger charge is -2.10. The van der Waals surface area contributed by atoms with Crippen LogP contribution in [0.2, 0.25) is 0 Å². The molecular formula is C17H26N6. The standard InChI is InChI=1S/C17H26N6/c1-5-9-19-17(18-6-2)21-12-15-7-8-16(20-11-15)23-14(4)10-13(3)22-23/h7-8,10-11H,5-6,9,12H2,1-4H3,(H2,18,19,21). The Balaban J connectivity index is 2.05. The van der Waals surface area contributed by atoms with Gasteiger partial charge in [-0.3, -0.25) is 0 Å². The number of hydrogen-bond donors (Lipinski definition) is 2. The van der Waals surface area contributed by atoms with Crippen molar-refractivity contribution in [1.29, 1.82) is 0 Å². The number of hydrogen-bond acceptors (Lipinski definition) is 3. The first-order chi connectivity index (χ1) is 11.1. The maximum Gasteiger partial charge on any atom is 0.191 e. The van der Waals surface area contributed by atoms with E-state index < -0.39 is 0 Å². The molecule has 0 saturated carbocycles. The van der Waals surface area contributed by atoms with Crippen LogP contribution in [0.15, 0.2) is 29.4 Å². The first-order valence-electron chi connectivity index (χ1n) is 8.14. The topological polar surface area (TPSA) is 67.1 Å². The van der Waals surface area contributed by atoms with E-state index in [0.717, 1.165) is 48.2 Å². The molecule has 0 aliphatic carbocycles. The molecule has 6 nitrogen and oxygen atoms in total. The lowest BCUT2D eigenvalue weighted by molar-refractivity contribution is 0.783. The van der Waals surface area contributed by atoms with Gasteiger partial charge in [-0.2, -0.15) is 5.10 Å². The van der Waals surface area contributed by atoms with Gasteiger partial charge < -0.3 is 10.6 Å². The number of aryl methyl sites for hydroxylation is 2. The van der Waals surface area contributed by atoms with Crippen molar-refractivity contribution in [3.63, 3.8) is 0 Å². The van der Waals surface area contributed by atoms with E-state index in [0.29, 0.717) is 6.54 Å². The van der Waals surface area contributed by atoms with Gasteiger partial charge in [-0.25, -0.2) is 14.7 Å². The van der Waals surface area contributed by atoms with Crippen LogP contribution in [-0.2, 0) is 6.54 Å². The minimum absolute atomic E-state index is 0.601. The van der Waals surface area contributed by atoms with Crippen molar-refractivity contribution >= 4 is 5.96 Å². The zero-order valence-electron chi connectivity index (χ0n) is 14.4. The van der Waals surface area contributed by atoms with Crippen LogP contribution in [0.1, 0.15) is 37.2 Å². The summed E-state index contributed by atoms with van der Waals surface area (Å²) in [6.45, 7) is 10.6. The van der Waals surface area contributed by atoms with E-state index in [-0.39, 0.29) is 0 Å². The zero-order chi connectivity index (χ0) is 16.7. The molecule has 0 amide bonds. The van der Waals surface area contributed by atoms with Gasteiger partial charge in [-0.15, -0.1) is 0 Å². The molecule has 6 heteroatoms. The van der Waals surface area contributed by atoms with Crippen molar-refractivity contribution < 1.29 is 0 Å². The molecule has 0 aromatic carbocycles. The number of guanidine groups is 1. The summed E-state index contributed by atoms with van der Waals surface area (Å²) in [6.07, 6.45) is 2.93. The number of nitrogens with one attached hydrogen (secondary N) is 2. The number of nitrogens with zero attached hydrogens (tertiary/aromatic N) is 4. The van der Waals surface area contributed by atoms with Crippen molar-refractivity contribution in [3.8, 4) is 5.82 Å². The second-order valence-corrected chi connectivity index (χ2v) is 5.49. The molecule has 0 fully saturated rings. The second-order valence-electron chi connectivity index (χ2n) is 5.49. The number of aromatic nitrogens is 3. The summed E-state index contributed by atoms with van der Waals surface area (Å²) in [5.74, 6) is 1.68. The first-order valence-corrected chi connectivity index (χ1v) is 8.14. The van der Waals surface area contributed by atoms with E-state index in [1.165, 1.54) is 0 Å². The van der Waals surface area contributed by atoms with Gasteiger partial charge in [0.1, 0.15) is 0 Å². The Morgan fingerprint density at radius 2 is 2.04 bits per heavy atom. The molecule has 2 aromatic rings. The Hall–Kier alpha value is -2.37. The van der Waals surface area contributed by atoms with Gasteiger partial charge in [-0.1, -0.05) is 13.0 Å². The molecular weight excluding hydrogens is 288 g/mol. The highest BCUT2D eigenvalue weighted by Crippen LogP contribution is 2.10. The molecule has 23 heavy (non-hydrogen) atoms. The average molecular weight is 314 g/mol. The molecule has 0 saturated heterocycles. The maximum absolute atomic E-state index is 4.58. The molecule has 0 aliphatic rings. The summed E-state index contributed by atoms with van der Waals surface area (Å²) in [4.78, 5) is 9.08. The highest BCUT2D eigenvalue weighted by molar-refractivity contribution is 5.79. The summed E-state index contributed by atoms with van der Waals surface area (Å²) >= 11 is 0. The average Bonchev–Trinajstić information content (AvgIpc) is 2.89. The lowest BCUT2D eigenvalue weighted by Crippen LogP contribution is -2.37. The molecule has 2 aromatic heterocycles. The van der Waals surface area contributed by atoms with Gasteiger partial charge in [0.15, 0.2) is 11.8 Å². The molecule has 0 unspecified atom stereocenters. The lowest BCUT2D eigenvalue weighted by atomic mass is 10.3. The number of aliphatic imine (C=N–C) groups is 1. The SMILES string of the molecule is CCCNC(=NCc1ccc(-n2nc(C)cc2C)nc1)NCC. The van der Waals surface area contributed by atoms with Crippen molar-refractivity contribution in [1.82, 2.24) is 25.4 Å². The Morgan fingerprint density at radius 3 is 2.61 bits per heavy atom. The summed E-state index contributed by atoms with van der Waals surface area (Å²) in [7, 11) is 0. The van der Waals surface area contributed by atoms with Gasteiger partial charge in [0.25, 0.3) is 0 Å². The highest BCUT2D eigenvalue weighted by Gasteiger charge is 2.05. The van der Waals surface area contributed by atoms with Gasteiger partial charge in [0.05, 0.1) is 12.2 Å². The quantitative estimate of drug-likeness (QED) is 0.634. The first kappa shape index (κ1) is 17.0. The Kier molecular flexibility index (Phi) is 6.14. The largest absolute Gasteiger partial charge is 0.357 e. The van der Waals surface area contributed by atoms with E-state index in [2.05, 4.69) is 39.6 Å². The molecule has 0 bridgehead atoms. The van der Waals surface area contributed by atoms with Crippen LogP contribution in [0.25, 0.3) is 5.82 Å². The van der Waals surface area contributed by atoms with E-state index in [4.69, 9.17) is 0 Å². The molecule has 0 atom stereocenters. The minimum atomic E-state index is 0.601. The van der Waals surface area contributed by atoms with E-state index >= 15 is 0 Å². The Bertz CT molecular complexity index is 642. The molecule has 2 heterocycles. The third-order valence-corrected chi connectivity index (χ3v) is 3.34. The van der Waals surface area contributed by atoms with Crippen LogP contribution in [0.5, 0.6) is 0 Å². The smallest absolute Gasteiger partial charge is 0.191 e. The van der Waals surface area contributed by atoms with Crippen LogP contribution in [0.3, 0.4) is 0 Å². The summed E-state index contributed by atoms with van der Waals surface area (Å²) in [5, 5.41) is 11.0. The molecule has 124 valence electrons. The summed E-state index contributed by atoms with van der Waals surface area (Å²) < 4.78 is 1.86. The Morgan fingerprint density at radius 1 is 1.22 bits per heavy atom. The summed E-state index contributed by atoms with van der Waals surface area (Å²) in [5.41, 5.74) is 3.15. The number of rotatable bonds is 6. The third-order valence-electron chi connectivity index (χ3n) is 3.34. The van der Waals surface area contributed by atoms with E-state index in [1.807, 2.05) is 42.9 Å². The monoisotopic (exact) mass is 314 g/mol. The van der Waals surface area contributed by atoms with Gasteiger partial charge in [0, 0.05) is 25.0 Å². The molecule has 2 N–H and O–H groups in total. The van der Waals surface area contributed by atoms with Crippen molar-refractivity contribution in [3.05, 3.63) is 41.3 Å². The van der Waals surface area contributed by atoms with E-state index in [9.17, 15) is 0 Å². The van der Waals surface area contributed by atoms with Gasteiger partial charge in [0.2, 0.25) is 0 Å². The second kappa shape index (κ2) is 8.31. The Labute approximate surface area is 138 Å². The van der Waals surface area contributed by atoms with Crippen LogP contribution in [0, 0.1) is 13.8 Å². The minimum Gasteiger partial charge on any atom is -0.357 e. The van der Waals surface area contributed by atoms with Gasteiger partial charge in [-0.05, 0) is 44.9 Å². The van der Waals surface area contributed by atoms with E-state index in [1.54, 1.807) is 0 Å². The fourth-order valence-corrected chi connectivity index (χ4v) is 2.25. The van der Waals surface area contributed by atoms with Crippen LogP contribution in [0.4, 0.5) is 0 Å².